The van der Waals surface area contributed by atoms with Gasteiger partial charge in [0, 0.05) is 42.7 Å². The van der Waals surface area contributed by atoms with Crippen LogP contribution in [0.3, 0.4) is 0 Å². The van der Waals surface area contributed by atoms with Crippen LogP contribution in [0.4, 0.5) is 34.6 Å². The Kier molecular flexibility index (Phi) is 9.89. The second-order valence-electron chi connectivity index (χ2n) is 11.7. The third kappa shape index (κ3) is 7.71. The normalized spacial score (nSPS) is 14.9. The molecule has 0 unspecified atom stereocenters. The van der Waals surface area contributed by atoms with Crippen LogP contribution in [0.1, 0.15) is 35.6 Å². The number of aromatic nitrogens is 2. The number of carboxylic acids is 1. The topological polar surface area (TPSA) is 149 Å². The van der Waals surface area contributed by atoms with Crippen LogP contribution in [-0.4, -0.2) is 44.0 Å². The van der Waals surface area contributed by atoms with Gasteiger partial charge in [-0.3, -0.25) is 19.8 Å². The van der Waals surface area contributed by atoms with E-state index in [1.807, 2.05) is 4.57 Å². The first-order valence-corrected chi connectivity index (χ1v) is 15.5. The number of anilines is 1. The van der Waals surface area contributed by atoms with Gasteiger partial charge < -0.3 is 19.1 Å². The lowest BCUT2D eigenvalue weighted by molar-refractivity contribution is -0.385. The minimum atomic E-state index is -4.58. The Morgan fingerprint density at radius 3 is 2.64 bits per heavy atom. The summed E-state index contributed by atoms with van der Waals surface area (Å²) in [5.41, 5.74) is -1.57. The number of alkyl halides is 3. The van der Waals surface area contributed by atoms with Crippen molar-refractivity contribution in [1.29, 1.82) is 0 Å². The molecule has 4 aromatic rings. The van der Waals surface area contributed by atoms with Crippen LogP contribution in [0.5, 0.6) is 17.2 Å². The maximum absolute atomic E-state index is 14.5. The molecule has 0 spiro atoms. The van der Waals surface area contributed by atoms with Crippen molar-refractivity contribution in [2.45, 2.75) is 33.0 Å². The van der Waals surface area contributed by atoms with Gasteiger partial charge in [0.25, 0.3) is 11.6 Å². The summed E-state index contributed by atoms with van der Waals surface area (Å²) >= 11 is 6.96. The van der Waals surface area contributed by atoms with E-state index < -0.39 is 39.7 Å². The van der Waals surface area contributed by atoms with Crippen LogP contribution in [0.25, 0.3) is 0 Å². The number of amides is 1. The highest BCUT2D eigenvalue weighted by molar-refractivity contribution is 7.02. The van der Waals surface area contributed by atoms with Crippen molar-refractivity contribution >= 4 is 52.1 Å². The molecule has 1 aromatic heterocycles. The van der Waals surface area contributed by atoms with Crippen LogP contribution >= 0.6 is 23.1 Å². The van der Waals surface area contributed by atoms with E-state index in [4.69, 9.17) is 32.6 Å². The lowest BCUT2D eigenvalue weighted by atomic mass is 9.92. The summed E-state index contributed by atoms with van der Waals surface area (Å²) in [7, 11) is 0. The number of carbonyl (C=O) groups is 2. The average molecular weight is 734 g/mol. The molecule has 18 heteroatoms. The molecule has 0 aliphatic carbocycles. The van der Waals surface area contributed by atoms with Gasteiger partial charge in [0.15, 0.2) is 12.4 Å². The quantitative estimate of drug-likeness (QED) is 0.0963. The Morgan fingerprint density at radius 1 is 1.26 bits per heavy atom. The predicted molar refractivity (Wildman–Crippen MR) is 172 cm³/mol. The fourth-order valence-electron chi connectivity index (χ4n) is 5.04. The largest absolute Gasteiger partial charge is 0.481 e. The molecule has 3 heterocycles. The van der Waals surface area contributed by atoms with Crippen molar-refractivity contribution in [2.75, 3.05) is 18.1 Å². The van der Waals surface area contributed by atoms with Gasteiger partial charge in [0.2, 0.25) is 4.80 Å². The number of carboxylic acid groups (broad SMARTS) is 1. The van der Waals surface area contributed by atoms with Crippen molar-refractivity contribution in [3.05, 3.63) is 91.2 Å². The molecule has 0 atom stereocenters. The molecule has 1 N–H and O–H groups in total. The third-order valence-corrected chi connectivity index (χ3v) is 8.39. The molecule has 260 valence electrons. The zero-order valence-electron chi connectivity index (χ0n) is 26.0. The Morgan fingerprint density at radius 2 is 2.00 bits per heavy atom. The van der Waals surface area contributed by atoms with Gasteiger partial charge in [-0.25, -0.2) is 14.2 Å². The first kappa shape index (κ1) is 35.8. The molecule has 0 radical (unpaired) electrons. The lowest BCUT2D eigenvalue weighted by Gasteiger charge is -2.28. The number of terminal acetylenes is 1. The monoisotopic (exact) mass is 733 g/mol. The fourth-order valence-corrected chi connectivity index (χ4v) is 6.02. The highest BCUT2D eigenvalue weighted by atomic mass is 35.5. The molecule has 2 aliphatic rings. The summed E-state index contributed by atoms with van der Waals surface area (Å²) in [4.78, 5) is 39.5. The molecule has 0 bridgehead atoms. The van der Waals surface area contributed by atoms with E-state index in [-0.39, 0.29) is 46.7 Å². The molecule has 0 saturated heterocycles. The van der Waals surface area contributed by atoms with Crippen molar-refractivity contribution in [3.8, 4) is 29.6 Å². The number of carbonyl (C=O) groups excluding carboxylic acids is 1. The molecule has 50 heavy (non-hydrogen) atoms. The Balaban J connectivity index is 0.000000195. The van der Waals surface area contributed by atoms with Gasteiger partial charge in [0.05, 0.1) is 27.7 Å². The molecule has 0 saturated carbocycles. The van der Waals surface area contributed by atoms with Crippen LogP contribution in [0.2, 0.25) is 5.02 Å². The second-order valence-corrected chi connectivity index (χ2v) is 12.8. The molecular formula is C32H24ClF4N5O7S. The Hall–Kier alpha value is -5.47. The predicted octanol–water partition coefficient (Wildman–Crippen LogP) is 7.01. The first-order valence-electron chi connectivity index (χ1n) is 14.3. The summed E-state index contributed by atoms with van der Waals surface area (Å²) in [6.45, 7) is 5.05. The number of aromatic carboxylic acids is 1. The number of halogens is 5. The van der Waals surface area contributed by atoms with Gasteiger partial charge in [-0.05, 0) is 35.7 Å². The van der Waals surface area contributed by atoms with E-state index in [2.05, 4.69) is 29.1 Å². The van der Waals surface area contributed by atoms with Crippen LogP contribution < -0.4 is 19.2 Å². The maximum Gasteiger partial charge on any atom is 0.416 e. The van der Waals surface area contributed by atoms with E-state index in [0.29, 0.717) is 22.3 Å². The van der Waals surface area contributed by atoms with Gasteiger partial charge in [0.1, 0.15) is 34.3 Å². The van der Waals surface area contributed by atoms with Gasteiger partial charge in [-0.2, -0.15) is 17.5 Å². The average Bonchev–Trinajstić information content (AvgIpc) is 3.54. The third-order valence-electron chi connectivity index (χ3n) is 7.32. The number of nitro benzene ring substituents is 1. The minimum absolute atomic E-state index is 0.0964. The smallest absolute Gasteiger partial charge is 0.416 e. The number of ether oxygens (including phenoxy) is 2. The number of hydrogen-bond donors (Lipinski definition) is 1. The van der Waals surface area contributed by atoms with Crippen molar-refractivity contribution in [3.63, 3.8) is 0 Å². The summed E-state index contributed by atoms with van der Waals surface area (Å²) in [6, 6.07) is 8.02. The van der Waals surface area contributed by atoms with E-state index in [1.165, 1.54) is 28.6 Å². The summed E-state index contributed by atoms with van der Waals surface area (Å²) in [5, 5.41) is 19.4. The van der Waals surface area contributed by atoms with E-state index in [0.717, 1.165) is 49.1 Å². The highest BCUT2D eigenvalue weighted by Gasteiger charge is 2.32. The highest BCUT2D eigenvalue weighted by Crippen LogP contribution is 2.39. The van der Waals surface area contributed by atoms with Crippen LogP contribution in [-0.2, 0) is 23.9 Å². The zero-order valence-corrected chi connectivity index (χ0v) is 27.5. The SMILES string of the molecule is C#CCN1C(=O)COc2cc(F)c(N=c3snc4n3CC(C)(C)C4)cc21.O=C(O)c1cc(Oc2ccc(C(F)(F)F)cc2Cl)ccc1[N+](=O)[O-]. The number of nitrogens with zero attached hydrogens (tertiary/aromatic N) is 5. The number of nitro groups is 1. The molecule has 0 fully saturated rings. The Labute approximate surface area is 289 Å². The summed E-state index contributed by atoms with van der Waals surface area (Å²) in [6.07, 6.45) is 1.64. The molecule has 1 amide bonds. The van der Waals surface area contributed by atoms with E-state index in [9.17, 15) is 37.3 Å². The van der Waals surface area contributed by atoms with Gasteiger partial charge in [-0.1, -0.05) is 31.4 Å². The maximum atomic E-state index is 14.5. The van der Waals surface area contributed by atoms with Gasteiger partial charge in [-0.15, -0.1) is 6.42 Å². The first-order chi connectivity index (χ1) is 23.5. The summed E-state index contributed by atoms with van der Waals surface area (Å²) < 4.78 is 69.2. The van der Waals surface area contributed by atoms with Crippen molar-refractivity contribution in [2.24, 2.45) is 10.4 Å². The lowest BCUT2D eigenvalue weighted by Crippen LogP contribution is -2.39. The molecule has 3 aromatic carbocycles. The van der Waals surface area contributed by atoms with Crippen molar-refractivity contribution in [1.82, 2.24) is 8.94 Å². The standard InChI is InChI=1S/C18H17FN4O2S.C14H7ClF3NO5/c1-4-5-22-13-7-12(11(19)6-14(13)25-9-16(22)24)20-17-23-10-18(2,3)8-15(23)21-26-17;15-10-5-7(14(16,17)18)1-4-12(10)24-8-2-3-11(19(22)23)9(6-8)13(20)21/h1,6-7H,5,8-10H2,2-3H3;1-6H,(H,20,21). The summed E-state index contributed by atoms with van der Waals surface area (Å²) in [5.74, 6) is 1.09. The number of rotatable bonds is 6. The number of hydrogen-bond acceptors (Lipinski definition) is 9. The molecule has 6 rings (SSSR count). The number of benzene rings is 3. The molecular weight excluding hydrogens is 710 g/mol. The second kappa shape index (κ2) is 13.8. The van der Waals surface area contributed by atoms with E-state index in [1.54, 1.807) is 0 Å². The Bertz CT molecular complexity index is 2140. The molecule has 2 aliphatic heterocycles. The van der Waals surface area contributed by atoms with E-state index >= 15 is 0 Å². The van der Waals surface area contributed by atoms with Gasteiger partial charge >= 0.3 is 12.1 Å². The minimum Gasteiger partial charge on any atom is -0.481 e. The molecule has 12 nitrogen and oxygen atoms in total. The number of fused-ring (bicyclic) bond motifs is 2. The fraction of sp³-hybridized carbons (Fsp3) is 0.250. The van der Waals surface area contributed by atoms with Crippen molar-refractivity contribution < 1.29 is 46.7 Å². The van der Waals surface area contributed by atoms with Crippen LogP contribution in [0.15, 0.2) is 53.5 Å². The van der Waals surface area contributed by atoms with Crippen LogP contribution in [0, 0.1) is 33.7 Å². The zero-order chi connectivity index (χ0) is 36.5.